The maximum Gasteiger partial charge on any atom is 0.311 e. The molecule has 0 bridgehead atoms. The Morgan fingerprint density at radius 3 is 2.48 bits per heavy atom. The van der Waals surface area contributed by atoms with Crippen LogP contribution in [0.15, 0.2) is 42.5 Å². The van der Waals surface area contributed by atoms with Crippen molar-refractivity contribution < 1.29 is 23.9 Å². The van der Waals surface area contributed by atoms with Crippen LogP contribution in [0.3, 0.4) is 0 Å². The average Bonchev–Trinajstić information content (AvgIpc) is 3.10. The van der Waals surface area contributed by atoms with E-state index in [0.29, 0.717) is 16.3 Å². The summed E-state index contributed by atoms with van der Waals surface area (Å²) >= 11 is 5.80. The predicted octanol–water partition coefficient (Wildman–Crippen LogP) is 2.63. The lowest BCUT2D eigenvalue weighted by molar-refractivity contribution is -0.151. The summed E-state index contributed by atoms with van der Waals surface area (Å²) in [6, 6.07) is 11.6. The summed E-state index contributed by atoms with van der Waals surface area (Å²) in [6.45, 7) is 3.40. The van der Waals surface area contributed by atoms with Crippen LogP contribution in [-0.2, 0) is 19.1 Å². The fourth-order valence-corrected chi connectivity index (χ4v) is 3.16. The lowest BCUT2D eigenvalue weighted by atomic mass is 10.1. The molecule has 31 heavy (non-hydrogen) atoms. The van der Waals surface area contributed by atoms with Crippen LogP contribution in [0, 0.1) is 19.8 Å². The molecule has 0 unspecified atom stereocenters. The molecule has 0 saturated carbocycles. The van der Waals surface area contributed by atoms with Gasteiger partial charge in [-0.25, -0.2) is 0 Å². The van der Waals surface area contributed by atoms with Gasteiger partial charge in [-0.1, -0.05) is 17.7 Å². The standard InChI is InChI=1S/C22H22ClN3O5/c1-13-3-8-18(9-14(13)2)24-19(27)12-31-22(30)16-10-20(28)26(11-16)25-21(29)15-4-6-17(23)7-5-15/h3-9,16H,10-12H2,1-2H3,(H,24,27)(H,25,29)/t16-/m0/s1. The maximum atomic E-state index is 12.3. The van der Waals surface area contributed by atoms with E-state index in [1.165, 1.54) is 12.1 Å². The summed E-state index contributed by atoms with van der Waals surface area (Å²) in [5.41, 5.74) is 5.53. The van der Waals surface area contributed by atoms with Crippen molar-refractivity contribution in [3.8, 4) is 0 Å². The second-order valence-corrected chi connectivity index (χ2v) is 7.74. The van der Waals surface area contributed by atoms with E-state index < -0.39 is 36.2 Å². The van der Waals surface area contributed by atoms with Crippen molar-refractivity contribution in [3.63, 3.8) is 0 Å². The number of ether oxygens (including phenoxy) is 1. The highest BCUT2D eigenvalue weighted by molar-refractivity contribution is 6.30. The van der Waals surface area contributed by atoms with Crippen molar-refractivity contribution in [1.82, 2.24) is 10.4 Å². The van der Waals surface area contributed by atoms with Gasteiger partial charge in [0.1, 0.15) is 0 Å². The van der Waals surface area contributed by atoms with Crippen LogP contribution in [0.4, 0.5) is 5.69 Å². The maximum absolute atomic E-state index is 12.3. The van der Waals surface area contributed by atoms with Crippen LogP contribution in [0.1, 0.15) is 27.9 Å². The number of aryl methyl sites for hydroxylation is 2. The number of hydrazine groups is 1. The Labute approximate surface area is 184 Å². The van der Waals surface area contributed by atoms with E-state index in [9.17, 15) is 19.2 Å². The van der Waals surface area contributed by atoms with Crippen molar-refractivity contribution in [2.75, 3.05) is 18.5 Å². The lowest BCUT2D eigenvalue weighted by Crippen LogP contribution is -2.43. The minimum atomic E-state index is -0.771. The summed E-state index contributed by atoms with van der Waals surface area (Å²) in [5.74, 6) is -2.83. The first kappa shape index (κ1) is 22.3. The second kappa shape index (κ2) is 9.61. The molecule has 1 aliphatic rings. The minimum absolute atomic E-state index is 0.0320. The van der Waals surface area contributed by atoms with Crippen molar-refractivity contribution >= 4 is 41.0 Å². The Kier molecular flexibility index (Phi) is 6.91. The molecule has 0 spiro atoms. The summed E-state index contributed by atoms with van der Waals surface area (Å²) in [4.78, 5) is 48.7. The number of anilines is 1. The van der Waals surface area contributed by atoms with E-state index in [2.05, 4.69) is 10.7 Å². The van der Waals surface area contributed by atoms with Gasteiger partial charge in [-0.05, 0) is 61.4 Å². The second-order valence-electron chi connectivity index (χ2n) is 7.31. The van der Waals surface area contributed by atoms with Gasteiger partial charge in [-0.15, -0.1) is 0 Å². The van der Waals surface area contributed by atoms with Gasteiger partial charge < -0.3 is 10.1 Å². The monoisotopic (exact) mass is 443 g/mol. The highest BCUT2D eigenvalue weighted by atomic mass is 35.5. The fourth-order valence-electron chi connectivity index (χ4n) is 3.03. The third kappa shape index (κ3) is 5.82. The van der Waals surface area contributed by atoms with Crippen LogP contribution >= 0.6 is 11.6 Å². The van der Waals surface area contributed by atoms with Gasteiger partial charge >= 0.3 is 5.97 Å². The Bertz CT molecular complexity index is 1020. The van der Waals surface area contributed by atoms with Gasteiger partial charge in [0.2, 0.25) is 5.91 Å². The molecular weight excluding hydrogens is 422 g/mol. The number of hydrogen-bond donors (Lipinski definition) is 2. The molecular formula is C22H22ClN3O5. The van der Waals surface area contributed by atoms with E-state index in [1.54, 1.807) is 18.2 Å². The smallest absolute Gasteiger partial charge is 0.311 e. The normalized spacial score (nSPS) is 15.5. The summed E-state index contributed by atoms with van der Waals surface area (Å²) in [7, 11) is 0. The summed E-state index contributed by atoms with van der Waals surface area (Å²) in [6.07, 6.45) is -0.113. The fraction of sp³-hybridized carbons (Fsp3) is 0.273. The molecule has 9 heteroatoms. The van der Waals surface area contributed by atoms with Gasteiger partial charge in [0.05, 0.1) is 12.5 Å². The molecule has 0 radical (unpaired) electrons. The van der Waals surface area contributed by atoms with Gasteiger partial charge in [0.15, 0.2) is 6.61 Å². The Morgan fingerprint density at radius 1 is 1.10 bits per heavy atom. The number of benzene rings is 2. The molecule has 8 nitrogen and oxygen atoms in total. The summed E-state index contributed by atoms with van der Waals surface area (Å²) in [5, 5.41) is 4.23. The number of carbonyl (C=O) groups excluding carboxylic acids is 4. The first-order valence-corrected chi connectivity index (χ1v) is 10.0. The molecule has 3 amide bonds. The third-order valence-electron chi connectivity index (χ3n) is 4.94. The topological polar surface area (TPSA) is 105 Å². The van der Waals surface area contributed by atoms with E-state index in [1.807, 2.05) is 26.0 Å². The SMILES string of the molecule is Cc1ccc(NC(=O)COC(=O)[C@H]2CC(=O)N(NC(=O)c3ccc(Cl)cc3)C2)cc1C. The summed E-state index contributed by atoms with van der Waals surface area (Å²) < 4.78 is 5.06. The molecule has 0 aliphatic carbocycles. The molecule has 3 rings (SSSR count). The van der Waals surface area contributed by atoms with E-state index in [0.717, 1.165) is 16.1 Å². The zero-order chi connectivity index (χ0) is 22.5. The van der Waals surface area contributed by atoms with Crippen molar-refractivity contribution in [3.05, 3.63) is 64.2 Å². The number of amides is 3. The Hall–Kier alpha value is -3.39. The highest BCUT2D eigenvalue weighted by Crippen LogP contribution is 2.19. The van der Waals surface area contributed by atoms with Gasteiger partial charge in [0.25, 0.3) is 11.8 Å². The number of hydrogen-bond acceptors (Lipinski definition) is 5. The number of esters is 1. The number of halogens is 1. The van der Waals surface area contributed by atoms with E-state index in [-0.39, 0.29) is 13.0 Å². The van der Waals surface area contributed by atoms with Gasteiger partial charge in [-0.2, -0.15) is 0 Å². The minimum Gasteiger partial charge on any atom is -0.455 e. The average molecular weight is 444 g/mol. The molecule has 2 aromatic carbocycles. The lowest BCUT2D eigenvalue weighted by Gasteiger charge is -2.17. The highest BCUT2D eigenvalue weighted by Gasteiger charge is 2.36. The van der Waals surface area contributed by atoms with Crippen molar-refractivity contribution in [1.29, 1.82) is 0 Å². The molecule has 0 aromatic heterocycles. The van der Waals surface area contributed by atoms with Gasteiger partial charge in [-0.3, -0.25) is 29.6 Å². The molecule has 2 aromatic rings. The zero-order valence-electron chi connectivity index (χ0n) is 17.1. The predicted molar refractivity (Wildman–Crippen MR) is 114 cm³/mol. The van der Waals surface area contributed by atoms with Crippen LogP contribution in [-0.4, -0.2) is 41.9 Å². The molecule has 1 heterocycles. The van der Waals surface area contributed by atoms with E-state index >= 15 is 0 Å². The zero-order valence-corrected chi connectivity index (χ0v) is 17.9. The molecule has 1 aliphatic heterocycles. The van der Waals surface area contributed by atoms with Crippen LogP contribution < -0.4 is 10.7 Å². The molecule has 1 saturated heterocycles. The molecule has 2 N–H and O–H groups in total. The van der Waals surface area contributed by atoms with Crippen LogP contribution in [0.2, 0.25) is 5.02 Å². The van der Waals surface area contributed by atoms with Crippen LogP contribution in [0.25, 0.3) is 0 Å². The molecule has 162 valence electrons. The van der Waals surface area contributed by atoms with Crippen molar-refractivity contribution in [2.24, 2.45) is 5.92 Å². The first-order valence-electron chi connectivity index (χ1n) is 9.63. The number of rotatable bonds is 6. The van der Waals surface area contributed by atoms with Crippen molar-refractivity contribution in [2.45, 2.75) is 20.3 Å². The van der Waals surface area contributed by atoms with Crippen LogP contribution in [0.5, 0.6) is 0 Å². The quantitative estimate of drug-likeness (QED) is 0.668. The number of nitrogens with zero attached hydrogens (tertiary/aromatic N) is 1. The number of carbonyl (C=O) groups is 4. The Balaban J connectivity index is 1.48. The third-order valence-corrected chi connectivity index (χ3v) is 5.19. The molecule has 1 atom stereocenters. The number of nitrogens with one attached hydrogen (secondary N) is 2. The van der Waals surface area contributed by atoms with E-state index in [4.69, 9.17) is 16.3 Å². The first-order chi connectivity index (χ1) is 14.7. The largest absolute Gasteiger partial charge is 0.455 e. The Morgan fingerprint density at radius 2 is 1.81 bits per heavy atom. The van der Waals surface area contributed by atoms with Gasteiger partial charge in [0, 0.05) is 22.7 Å². The molecule has 1 fully saturated rings.